The van der Waals surface area contributed by atoms with Gasteiger partial charge in [-0.3, -0.25) is 9.59 Å². The Morgan fingerprint density at radius 1 is 0.741 bits per heavy atom. The fraction of sp³-hybridized carbons (Fsp3) is 0.565. The molecular weight excluding hydrogens is 340 g/mol. The van der Waals surface area contributed by atoms with Gasteiger partial charge in [0.05, 0.1) is 0 Å². The third-order valence-electron chi connectivity index (χ3n) is 3.60. The molecule has 0 aromatic heterocycles. The molecule has 0 heterocycles. The molecule has 4 heteroatoms. The van der Waals surface area contributed by atoms with Crippen molar-refractivity contribution in [2.45, 2.75) is 78.4 Å². The summed E-state index contributed by atoms with van der Waals surface area (Å²) in [6.45, 7) is 18.0. The molecule has 0 fully saturated rings. The number of rotatable bonds is 10. The molecule has 0 aromatic carbocycles. The summed E-state index contributed by atoms with van der Waals surface area (Å²) in [6, 6.07) is 0. The van der Waals surface area contributed by atoms with Crippen LogP contribution in [0.2, 0.25) is 0 Å². The van der Waals surface area contributed by atoms with Crippen LogP contribution in [0.4, 0.5) is 0 Å². The van der Waals surface area contributed by atoms with Crippen molar-refractivity contribution < 1.29 is 19.1 Å². The van der Waals surface area contributed by atoms with Crippen LogP contribution in [-0.4, -0.2) is 23.1 Å². The monoisotopic (exact) mass is 376 g/mol. The lowest BCUT2D eigenvalue weighted by molar-refractivity contribution is -0.186. The minimum Gasteiger partial charge on any atom is -0.459 e. The highest BCUT2D eigenvalue weighted by atomic mass is 16.6. The lowest BCUT2D eigenvalue weighted by Crippen LogP contribution is -2.46. The molecule has 0 saturated carbocycles. The van der Waals surface area contributed by atoms with Crippen molar-refractivity contribution in [3.05, 3.63) is 49.6 Å². The maximum Gasteiger partial charge on any atom is 0.324 e. The topological polar surface area (TPSA) is 52.6 Å². The van der Waals surface area contributed by atoms with E-state index in [0.29, 0.717) is 25.7 Å². The van der Waals surface area contributed by atoms with Crippen molar-refractivity contribution in [1.29, 1.82) is 0 Å². The number of hydrogen-bond acceptors (Lipinski definition) is 4. The molecular formula is C23H36O4. The number of hydrogen-bond donors (Lipinski definition) is 0. The third-order valence-corrected chi connectivity index (χ3v) is 3.60. The van der Waals surface area contributed by atoms with Crippen LogP contribution in [0, 0.1) is 5.41 Å². The zero-order chi connectivity index (χ0) is 21.1. The number of carbonyl (C=O) groups is 2. The smallest absolute Gasteiger partial charge is 0.324 e. The predicted octanol–water partition coefficient (Wildman–Crippen LogP) is 5.70. The van der Waals surface area contributed by atoms with Crippen LogP contribution in [0.15, 0.2) is 49.6 Å². The van der Waals surface area contributed by atoms with Gasteiger partial charge in [0.2, 0.25) is 0 Å². The summed E-state index contributed by atoms with van der Waals surface area (Å²) in [7, 11) is 0. The number of allylic oxidation sites excluding steroid dienone is 6. The van der Waals surface area contributed by atoms with E-state index in [9.17, 15) is 9.59 Å². The summed E-state index contributed by atoms with van der Waals surface area (Å²) >= 11 is 0. The summed E-state index contributed by atoms with van der Waals surface area (Å²) in [5.41, 5.74) is -2.76. The summed E-state index contributed by atoms with van der Waals surface area (Å²) in [5.74, 6) is -1.08. The SMILES string of the molecule is C=C/C=C/CCC(CC/C=C/C=C)(C(=O)OC(C)(C)C)C(=O)OC(C)(C)C. The lowest BCUT2D eigenvalue weighted by atomic mass is 9.78. The quantitative estimate of drug-likeness (QED) is 0.279. The van der Waals surface area contributed by atoms with Gasteiger partial charge in [0.15, 0.2) is 5.41 Å². The van der Waals surface area contributed by atoms with Gasteiger partial charge < -0.3 is 9.47 Å². The van der Waals surface area contributed by atoms with Crippen molar-refractivity contribution in [2.24, 2.45) is 5.41 Å². The highest BCUT2D eigenvalue weighted by Crippen LogP contribution is 2.36. The van der Waals surface area contributed by atoms with Gasteiger partial charge in [-0.1, -0.05) is 49.6 Å². The first-order valence-electron chi connectivity index (χ1n) is 9.40. The molecule has 0 aliphatic carbocycles. The van der Waals surface area contributed by atoms with E-state index in [1.165, 1.54) is 0 Å². The van der Waals surface area contributed by atoms with Crippen LogP contribution in [0.3, 0.4) is 0 Å². The van der Waals surface area contributed by atoms with Crippen molar-refractivity contribution in [2.75, 3.05) is 0 Å². The zero-order valence-electron chi connectivity index (χ0n) is 17.8. The van der Waals surface area contributed by atoms with Crippen LogP contribution in [0.5, 0.6) is 0 Å². The fourth-order valence-corrected chi connectivity index (χ4v) is 2.41. The number of ether oxygens (including phenoxy) is 2. The Morgan fingerprint density at radius 3 is 1.33 bits per heavy atom. The molecule has 0 radical (unpaired) electrons. The lowest BCUT2D eigenvalue weighted by Gasteiger charge is -2.34. The van der Waals surface area contributed by atoms with Crippen molar-refractivity contribution in [1.82, 2.24) is 0 Å². The van der Waals surface area contributed by atoms with Crippen LogP contribution < -0.4 is 0 Å². The normalized spacial score (nSPS) is 13.0. The maximum atomic E-state index is 13.1. The van der Waals surface area contributed by atoms with E-state index in [-0.39, 0.29) is 0 Å². The second-order valence-corrected chi connectivity index (χ2v) is 8.49. The van der Waals surface area contributed by atoms with E-state index in [2.05, 4.69) is 13.2 Å². The number of esters is 2. The van der Waals surface area contributed by atoms with Crippen LogP contribution in [-0.2, 0) is 19.1 Å². The van der Waals surface area contributed by atoms with E-state index in [1.807, 2.05) is 12.2 Å². The molecule has 152 valence electrons. The third kappa shape index (κ3) is 9.97. The van der Waals surface area contributed by atoms with Gasteiger partial charge in [-0.05, 0) is 67.2 Å². The molecule has 27 heavy (non-hydrogen) atoms. The first kappa shape index (κ1) is 24.9. The molecule has 0 aromatic rings. The zero-order valence-corrected chi connectivity index (χ0v) is 17.8. The predicted molar refractivity (Wildman–Crippen MR) is 111 cm³/mol. The Balaban J connectivity index is 5.90. The van der Waals surface area contributed by atoms with Gasteiger partial charge in [-0.2, -0.15) is 0 Å². The minimum absolute atomic E-state index is 0.309. The second kappa shape index (κ2) is 10.9. The molecule has 0 spiro atoms. The van der Waals surface area contributed by atoms with E-state index < -0.39 is 28.6 Å². The molecule has 0 aliphatic rings. The fourth-order valence-electron chi connectivity index (χ4n) is 2.41. The largest absolute Gasteiger partial charge is 0.459 e. The first-order valence-corrected chi connectivity index (χ1v) is 9.40. The minimum atomic E-state index is -1.36. The standard InChI is InChI=1S/C23H36O4/c1-9-11-13-15-17-23(18-16-14-12-10-2,19(24)26-21(3,4)5)20(25)27-22(6,7)8/h9-14H,1-2,15-18H2,3-8H3/b13-11+,14-12+. The first-order chi connectivity index (χ1) is 12.4. The number of carbonyl (C=O) groups excluding carboxylic acids is 2. The molecule has 0 rings (SSSR count). The summed E-state index contributed by atoms with van der Waals surface area (Å²) < 4.78 is 11.2. The van der Waals surface area contributed by atoms with E-state index >= 15 is 0 Å². The molecule has 0 saturated heterocycles. The molecule has 0 atom stereocenters. The molecule has 0 unspecified atom stereocenters. The van der Waals surface area contributed by atoms with Gasteiger partial charge in [0, 0.05) is 0 Å². The Hall–Kier alpha value is -2.10. The Morgan fingerprint density at radius 2 is 1.07 bits per heavy atom. The van der Waals surface area contributed by atoms with E-state index in [1.54, 1.807) is 65.8 Å². The molecule has 0 aliphatic heterocycles. The average molecular weight is 377 g/mol. The Bertz CT molecular complexity index is 516. The second-order valence-electron chi connectivity index (χ2n) is 8.49. The summed E-state index contributed by atoms with van der Waals surface area (Å²) in [6.07, 6.45) is 12.4. The van der Waals surface area contributed by atoms with Crippen LogP contribution >= 0.6 is 0 Å². The summed E-state index contributed by atoms with van der Waals surface area (Å²) in [4.78, 5) is 26.2. The highest BCUT2D eigenvalue weighted by Gasteiger charge is 2.49. The highest BCUT2D eigenvalue weighted by molar-refractivity contribution is 6.00. The van der Waals surface area contributed by atoms with Crippen LogP contribution in [0.25, 0.3) is 0 Å². The van der Waals surface area contributed by atoms with Crippen molar-refractivity contribution in [3.63, 3.8) is 0 Å². The Kier molecular flexibility index (Phi) is 10.1. The Labute approximate surface area is 165 Å². The maximum absolute atomic E-state index is 13.1. The van der Waals surface area contributed by atoms with E-state index in [4.69, 9.17) is 9.47 Å². The van der Waals surface area contributed by atoms with Crippen LogP contribution in [0.1, 0.15) is 67.2 Å². The molecule has 0 bridgehead atoms. The van der Waals surface area contributed by atoms with Crippen molar-refractivity contribution >= 4 is 11.9 Å². The van der Waals surface area contributed by atoms with Gasteiger partial charge in [-0.15, -0.1) is 0 Å². The van der Waals surface area contributed by atoms with Gasteiger partial charge >= 0.3 is 11.9 Å². The van der Waals surface area contributed by atoms with E-state index in [0.717, 1.165) is 0 Å². The molecule has 0 N–H and O–H groups in total. The average Bonchev–Trinajstić information content (AvgIpc) is 2.50. The van der Waals surface area contributed by atoms with Gasteiger partial charge in [0.25, 0.3) is 0 Å². The molecule has 4 nitrogen and oxygen atoms in total. The van der Waals surface area contributed by atoms with Crippen molar-refractivity contribution in [3.8, 4) is 0 Å². The van der Waals surface area contributed by atoms with Gasteiger partial charge in [0.1, 0.15) is 11.2 Å². The molecule has 0 amide bonds. The van der Waals surface area contributed by atoms with Gasteiger partial charge in [-0.25, -0.2) is 0 Å². The summed E-state index contributed by atoms with van der Waals surface area (Å²) in [5, 5.41) is 0.